The molecule has 0 spiro atoms. The number of rotatable bonds is 5. The van der Waals surface area contributed by atoms with Crippen molar-refractivity contribution < 1.29 is 9.72 Å². The van der Waals surface area contributed by atoms with Crippen molar-refractivity contribution in [1.82, 2.24) is 10.2 Å². The molecule has 1 saturated heterocycles. The molecule has 1 atom stereocenters. The highest BCUT2D eigenvalue weighted by Crippen LogP contribution is 2.25. The Bertz CT molecular complexity index is 550. The highest BCUT2D eigenvalue weighted by molar-refractivity contribution is 9.10. The van der Waals surface area contributed by atoms with Gasteiger partial charge < -0.3 is 10.2 Å². The number of hydrogen-bond donors (Lipinski definition) is 1. The largest absolute Gasteiger partial charge is 0.338 e. The number of amides is 1. The standard InChI is InChI=1S/C14H18BrN3O3/c1-16-9-12-3-2-6-17(12)14(19)7-10-4-5-11(18(20)21)8-13(10)15/h4-5,8,12,16H,2-3,6-7,9H2,1H3. The van der Waals surface area contributed by atoms with Gasteiger partial charge in [-0.25, -0.2) is 0 Å². The van der Waals surface area contributed by atoms with E-state index in [1.54, 1.807) is 6.07 Å². The van der Waals surface area contributed by atoms with Gasteiger partial charge in [0.25, 0.3) is 5.69 Å². The third kappa shape index (κ3) is 3.79. The summed E-state index contributed by atoms with van der Waals surface area (Å²) in [6, 6.07) is 4.77. The van der Waals surface area contributed by atoms with E-state index < -0.39 is 4.92 Å². The van der Waals surface area contributed by atoms with Crippen LogP contribution < -0.4 is 5.32 Å². The molecule has 1 fully saturated rings. The van der Waals surface area contributed by atoms with Crippen LogP contribution >= 0.6 is 15.9 Å². The molecule has 1 N–H and O–H groups in total. The number of carbonyl (C=O) groups excluding carboxylic acids is 1. The van der Waals surface area contributed by atoms with Crippen LogP contribution in [0.2, 0.25) is 0 Å². The van der Waals surface area contributed by atoms with Crippen molar-refractivity contribution in [1.29, 1.82) is 0 Å². The van der Waals surface area contributed by atoms with Gasteiger partial charge in [-0.1, -0.05) is 22.0 Å². The van der Waals surface area contributed by atoms with E-state index in [0.717, 1.165) is 31.5 Å². The summed E-state index contributed by atoms with van der Waals surface area (Å²) in [5.74, 6) is 0.0716. The van der Waals surface area contributed by atoms with Gasteiger partial charge in [0.15, 0.2) is 0 Å². The third-order valence-electron chi connectivity index (χ3n) is 3.73. The Morgan fingerprint density at radius 3 is 2.95 bits per heavy atom. The molecule has 1 heterocycles. The Morgan fingerprint density at radius 1 is 1.57 bits per heavy atom. The fourth-order valence-corrected chi connectivity index (χ4v) is 3.18. The lowest BCUT2D eigenvalue weighted by molar-refractivity contribution is -0.384. The molecule has 1 aliphatic rings. The van der Waals surface area contributed by atoms with Crippen LogP contribution in [-0.4, -0.2) is 41.9 Å². The summed E-state index contributed by atoms with van der Waals surface area (Å²) in [5, 5.41) is 13.8. The summed E-state index contributed by atoms with van der Waals surface area (Å²) >= 11 is 3.31. The number of likely N-dealkylation sites (N-methyl/N-ethyl adjacent to an activating group) is 1. The van der Waals surface area contributed by atoms with E-state index in [1.165, 1.54) is 12.1 Å². The topological polar surface area (TPSA) is 75.5 Å². The van der Waals surface area contributed by atoms with E-state index in [9.17, 15) is 14.9 Å². The third-order valence-corrected chi connectivity index (χ3v) is 4.46. The van der Waals surface area contributed by atoms with E-state index in [4.69, 9.17) is 0 Å². The molecule has 1 aromatic rings. The predicted octanol–water partition coefficient (Wildman–Crippen LogP) is 2.11. The second kappa shape index (κ2) is 7.00. The number of carbonyl (C=O) groups is 1. The molecule has 114 valence electrons. The lowest BCUT2D eigenvalue weighted by atomic mass is 10.1. The SMILES string of the molecule is CNCC1CCCN1C(=O)Cc1ccc([N+](=O)[O-])cc1Br. The zero-order valence-electron chi connectivity index (χ0n) is 11.8. The fourth-order valence-electron chi connectivity index (χ4n) is 2.67. The number of nitrogens with zero attached hydrogens (tertiary/aromatic N) is 2. The maximum absolute atomic E-state index is 12.4. The first kappa shape index (κ1) is 15.9. The monoisotopic (exact) mass is 355 g/mol. The smallest absolute Gasteiger partial charge is 0.270 e. The highest BCUT2D eigenvalue weighted by Gasteiger charge is 2.28. The lowest BCUT2D eigenvalue weighted by Gasteiger charge is -2.24. The van der Waals surface area contributed by atoms with Crippen LogP contribution in [0, 0.1) is 10.1 Å². The van der Waals surface area contributed by atoms with Gasteiger partial charge in [-0.3, -0.25) is 14.9 Å². The molecule has 1 aliphatic heterocycles. The second-order valence-electron chi connectivity index (χ2n) is 5.15. The quantitative estimate of drug-likeness (QED) is 0.648. The molecule has 21 heavy (non-hydrogen) atoms. The van der Waals surface area contributed by atoms with Gasteiger partial charge in [-0.15, -0.1) is 0 Å². The molecular weight excluding hydrogens is 338 g/mol. The number of non-ortho nitro benzene ring substituents is 1. The molecule has 0 bridgehead atoms. The number of nitro groups is 1. The van der Waals surface area contributed by atoms with Crippen LogP contribution in [0.4, 0.5) is 5.69 Å². The van der Waals surface area contributed by atoms with E-state index in [1.807, 2.05) is 11.9 Å². The zero-order valence-corrected chi connectivity index (χ0v) is 13.4. The fraction of sp³-hybridized carbons (Fsp3) is 0.500. The molecule has 0 saturated carbocycles. The minimum absolute atomic E-state index is 0.0207. The summed E-state index contributed by atoms with van der Waals surface area (Å²) in [6.07, 6.45) is 2.31. The summed E-state index contributed by atoms with van der Waals surface area (Å²) in [6.45, 7) is 1.59. The van der Waals surface area contributed by atoms with Gasteiger partial charge in [-0.2, -0.15) is 0 Å². The van der Waals surface area contributed by atoms with Crippen LogP contribution in [0.1, 0.15) is 18.4 Å². The number of nitro benzene ring substituents is 1. The molecule has 0 aliphatic carbocycles. The second-order valence-corrected chi connectivity index (χ2v) is 6.00. The first-order valence-corrected chi connectivity index (χ1v) is 7.69. The Balaban J connectivity index is 2.07. The van der Waals surface area contributed by atoms with Gasteiger partial charge in [0.2, 0.25) is 5.91 Å². The van der Waals surface area contributed by atoms with Crippen molar-refractivity contribution in [2.24, 2.45) is 0 Å². The van der Waals surface area contributed by atoms with E-state index >= 15 is 0 Å². The minimum Gasteiger partial charge on any atom is -0.338 e. The Kier molecular flexibility index (Phi) is 5.30. The van der Waals surface area contributed by atoms with Crippen LogP contribution in [0.3, 0.4) is 0 Å². The maximum atomic E-state index is 12.4. The van der Waals surface area contributed by atoms with Crippen molar-refractivity contribution >= 4 is 27.5 Å². The van der Waals surface area contributed by atoms with Crippen molar-refractivity contribution in [3.8, 4) is 0 Å². The molecule has 1 aromatic carbocycles. The molecule has 0 aromatic heterocycles. The van der Waals surface area contributed by atoms with Crippen LogP contribution in [0.5, 0.6) is 0 Å². The molecule has 7 heteroatoms. The summed E-state index contributed by atoms with van der Waals surface area (Å²) in [4.78, 5) is 24.6. The first-order chi connectivity index (χ1) is 10.0. The van der Waals surface area contributed by atoms with E-state index in [-0.39, 0.29) is 24.1 Å². The number of nitrogens with one attached hydrogen (secondary N) is 1. The molecule has 6 nitrogen and oxygen atoms in total. The van der Waals surface area contributed by atoms with E-state index in [0.29, 0.717) is 4.47 Å². The maximum Gasteiger partial charge on any atom is 0.270 e. The summed E-state index contributed by atoms with van der Waals surface area (Å²) in [7, 11) is 1.88. The average molecular weight is 356 g/mol. The molecule has 2 rings (SSSR count). The number of likely N-dealkylation sites (tertiary alicyclic amines) is 1. The van der Waals surface area contributed by atoms with Gasteiger partial charge in [0.1, 0.15) is 0 Å². The predicted molar refractivity (Wildman–Crippen MR) is 83.2 cm³/mol. The minimum atomic E-state index is -0.445. The van der Waals surface area contributed by atoms with Gasteiger partial charge >= 0.3 is 0 Å². The molecule has 1 unspecified atom stereocenters. The first-order valence-electron chi connectivity index (χ1n) is 6.90. The number of halogens is 1. The Labute approximate surface area is 131 Å². The lowest BCUT2D eigenvalue weighted by Crippen LogP contribution is -2.41. The normalized spacial score (nSPS) is 18.0. The Morgan fingerprint density at radius 2 is 2.33 bits per heavy atom. The van der Waals surface area contributed by atoms with Crippen molar-refractivity contribution in [2.45, 2.75) is 25.3 Å². The van der Waals surface area contributed by atoms with Crippen LogP contribution in [-0.2, 0) is 11.2 Å². The van der Waals surface area contributed by atoms with Gasteiger partial charge in [0, 0.05) is 35.7 Å². The zero-order chi connectivity index (χ0) is 15.4. The van der Waals surface area contributed by atoms with Crippen molar-refractivity contribution in [3.63, 3.8) is 0 Å². The van der Waals surface area contributed by atoms with E-state index in [2.05, 4.69) is 21.2 Å². The molecule has 1 amide bonds. The van der Waals surface area contributed by atoms with Crippen LogP contribution in [0.25, 0.3) is 0 Å². The van der Waals surface area contributed by atoms with Gasteiger partial charge in [-0.05, 0) is 25.5 Å². The summed E-state index contributed by atoms with van der Waals surface area (Å²) in [5.41, 5.74) is 0.799. The van der Waals surface area contributed by atoms with Crippen molar-refractivity contribution in [3.05, 3.63) is 38.3 Å². The average Bonchev–Trinajstić information content (AvgIpc) is 2.89. The molecular formula is C14H18BrN3O3. The Hall–Kier alpha value is -1.47. The van der Waals surface area contributed by atoms with Gasteiger partial charge in [0.05, 0.1) is 11.3 Å². The van der Waals surface area contributed by atoms with Crippen LogP contribution in [0.15, 0.2) is 22.7 Å². The number of hydrogen-bond acceptors (Lipinski definition) is 4. The van der Waals surface area contributed by atoms with Crippen molar-refractivity contribution in [2.75, 3.05) is 20.1 Å². The number of benzene rings is 1. The highest BCUT2D eigenvalue weighted by atomic mass is 79.9. The summed E-state index contributed by atoms with van der Waals surface area (Å²) < 4.78 is 0.606. The molecule has 0 radical (unpaired) electrons.